The summed E-state index contributed by atoms with van der Waals surface area (Å²) in [5, 5.41) is 9.99. The zero-order chi connectivity index (χ0) is 14.7. The summed E-state index contributed by atoms with van der Waals surface area (Å²) in [4.78, 5) is 0. The van der Waals surface area contributed by atoms with Gasteiger partial charge in [-0.1, -0.05) is 47.5 Å². The van der Waals surface area contributed by atoms with Gasteiger partial charge in [-0.05, 0) is 23.3 Å². The maximum Gasteiger partial charge on any atom is 0.145 e. The van der Waals surface area contributed by atoms with Gasteiger partial charge in [-0.25, -0.2) is 8.78 Å². The molecule has 5 heteroatoms. The minimum absolute atomic E-state index is 0.0125. The second-order valence-corrected chi connectivity index (χ2v) is 5.27. The van der Waals surface area contributed by atoms with Crippen LogP contribution in [0.3, 0.4) is 0 Å². The van der Waals surface area contributed by atoms with Gasteiger partial charge in [-0.3, -0.25) is 0 Å². The van der Waals surface area contributed by atoms with Gasteiger partial charge in [0.15, 0.2) is 0 Å². The molecule has 0 amide bonds. The van der Waals surface area contributed by atoms with Crippen molar-refractivity contribution in [1.82, 2.24) is 0 Å². The van der Waals surface area contributed by atoms with Crippen LogP contribution in [-0.2, 0) is 12.8 Å². The Balaban J connectivity index is 2.11. The van der Waals surface area contributed by atoms with E-state index in [0.29, 0.717) is 11.1 Å². The van der Waals surface area contributed by atoms with Gasteiger partial charge in [0, 0.05) is 12.8 Å². The lowest BCUT2D eigenvalue weighted by atomic mass is 10.0. The predicted molar refractivity (Wildman–Crippen MR) is 76.2 cm³/mol. The Bertz CT molecular complexity index is 563. The highest BCUT2D eigenvalue weighted by atomic mass is 35.5. The fraction of sp³-hybridized carbons (Fsp3) is 0.200. The third-order valence-corrected chi connectivity index (χ3v) is 3.69. The number of halogens is 4. The first-order valence-electron chi connectivity index (χ1n) is 6.03. The van der Waals surface area contributed by atoms with Gasteiger partial charge in [-0.15, -0.1) is 0 Å². The van der Waals surface area contributed by atoms with Crippen molar-refractivity contribution >= 4 is 23.2 Å². The number of aliphatic hydroxyl groups is 1. The van der Waals surface area contributed by atoms with Crippen LogP contribution in [0.5, 0.6) is 0 Å². The lowest BCUT2D eigenvalue weighted by Gasteiger charge is -2.13. The van der Waals surface area contributed by atoms with Gasteiger partial charge in [0.05, 0.1) is 16.1 Å². The molecule has 1 N–H and O–H groups in total. The first-order chi connectivity index (χ1) is 9.49. The molecule has 0 aliphatic carbocycles. The van der Waals surface area contributed by atoms with Crippen LogP contribution in [0.25, 0.3) is 0 Å². The average molecular weight is 317 g/mol. The first-order valence-corrected chi connectivity index (χ1v) is 6.78. The van der Waals surface area contributed by atoms with Gasteiger partial charge in [-0.2, -0.15) is 0 Å². The highest BCUT2D eigenvalue weighted by Gasteiger charge is 2.14. The highest BCUT2D eigenvalue weighted by Crippen LogP contribution is 2.23. The maximum absolute atomic E-state index is 13.7. The molecule has 20 heavy (non-hydrogen) atoms. The van der Waals surface area contributed by atoms with Crippen LogP contribution in [0, 0.1) is 11.6 Å². The zero-order valence-corrected chi connectivity index (χ0v) is 11.9. The summed E-state index contributed by atoms with van der Waals surface area (Å²) in [6.45, 7) is 0. The van der Waals surface area contributed by atoms with Crippen molar-refractivity contribution in [2.24, 2.45) is 0 Å². The van der Waals surface area contributed by atoms with Crippen molar-refractivity contribution < 1.29 is 13.9 Å². The van der Waals surface area contributed by atoms with Gasteiger partial charge >= 0.3 is 0 Å². The molecule has 0 saturated carbocycles. The number of rotatable bonds is 4. The van der Waals surface area contributed by atoms with E-state index in [2.05, 4.69) is 0 Å². The van der Waals surface area contributed by atoms with E-state index in [4.69, 9.17) is 23.2 Å². The van der Waals surface area contributed by atoms with Crippen LogP contribution < -0.4 is 0 Å². The second-order valence-electron chi connectivity index (χ2n) is 4.49. The number of aliphatic hydroxyl groups excluding tert-OH is 1. The summed E-state index contributed by atoms with van der Waals surface area (Å²) in [5.41, 5.74) is 0.805. The Morgan fingerprint density at radius 3 is 2.30 bits per heavy atom. The van der Waals surface area contributed by atoms with Crippen molar-refractivity contribution in [3.05, 3.63) is 69.2 Å². The Kier molecular flexibility index (Phi) is 4.97. The smallest absolute Gasteiger partial charge is 0.145 e. The molecule has 1 atom stereocenters. The van der Waals surface area contributed by atoms with Crippen molar-refractivity contribution in [3.63, 3.8) is 0 Å². The quantitative estimate of drug-likeness (QED) is 0.885. The first kappa shape index (κ1) is 15.2. The van der Waals surface area contributed by atoms with Gasteiger partial charge < -0.3 is 5.11 Å². The van der Waals surface area contributed by atoms with E-state index in [1.807, 2.05) is 0 Å². The van der Waals surface area contributed by atoms with Gasteiger partial charge in [0.2, 0.25) is 0 Å². The van der Waals surface area contributed by atoms with Crippen molar-refractivity contribution in [2.75, 3.05) is 0 Å². The fourth-order valence-electron chi connectivity index (χ4n) is 1.99. The molecule has 0 radical (unpaired) electrons. The molecule has 0 fully saturated rings. The standard InChI is InChI=1S/C15H12Cl2F2O/c16-12-5-1-4-10(15(12)19)8-11(20)7-9-3-2-6-13(18)14(9)17/h1-6,11,20H,7-8H2. The third kappa shape index (κ3) is 3.48. The molecule has 0 spiro atoms. The molecule has 0 aliphatic rings. The van der Waals surface area contributed by atoms with Crippen LogP contribution in [0.15, 0.2) is 36.4 Å². The summed E-state index contributed by atoms with van der Waals surface area (Å²) in [7, 11) is 0. The van der Waals surface area contributed by atoms with E-state index in [1.165, 1.54) is 18.2 Å². The summed E-state index contributed by atoms with van der Waals surface area (Å²) >= 11 is 11.5. The van der Waals surface area contributed by atoms with E-state index in [-0.39, 0.29) is 22.9 Å². The molecule has 0 aliphatic heterocycles. The molecule has 1 unspecified atom stereocenters. The van der Waals surface area contributed by atoms with E-state index in [1.54, 1.807) is 18.2 Å². The molecule has 2 aromatic carbocycles. The lowest BCUT2D eigenvalue weighted by molar-refractivity contribution is 0.174. The van der Waals surface area contributed by atoms with Crippen LogP contribution in [0.2, 0.25) is 10.0 Å². The van der Waals surface area contributed by atoms with Crippen LogP contribution in [0.4, 0.5) is 8.78 Å². The molecular formula is C15H12Cl2F2O. The Morgan fingerprint density at radius 1 is 0.950 bits per heavy atom. The molecule has 106 valence electrons. The number of hydrogen-bond acceptors (Lipinski definition) is 1. The predicted octanol–water partition coefficient (Wildman–Crippen LogP) is 4.42. The van der Waals surface area contributed by atoms with E-state index in [9.17, 15) is 13.9 Å². The topological polar surface area (TPSA) is 20.2 Å². The van der Waals surface area contributed by atoms with Gasteiger partial charge in [0.1, 0.15) is 11.6 Å². The molecule has 2 aromatic rings. The summed E-state index contributed by atoms with van der Waals surface area (Å²) < 4.78 is 27.0. The SMILES string of the molecule is OC(Cc1cccc(Cl)c1F)Cc1cccc(F)c1Cl. The van der Waals surface area contributed by atoms with E-state index < -0.39 is 17.7 Å². The van der Waals surface area contributed by atoms with E-state index in [0.717, 1.165) is 0 Å². The number of hydrogen-bond donors (Lipinski definition) is 1. The molecule has 0 bridgehead atoms. The molecular weight excluding hydrogens is 305 g/mol. The van der Waals surface area contributed by atoms with Crippen LogP contribution in [-0.4, -0.2) is 11.2 Å². The van der Waals surface area contributed by atoms with Crippen LogP contribution in [0.1, 0.15) is 11.1 Å². The second kappa shape index (κ2) is 6.53. The van der Waals surface area contributed by atoms with Crippen LogP contribution >= 0.6 is 23.2 Å². The Morgan fingerprint density at radius 2 is 1.55 bits per heavy atom. The summed E-state index contributed by atoms with van der Waals surface area (Å²) in [6.07, 6.45) is -0.649. The Hall–Kier alpha value is -1.16. The molecule has 2 rings (SSSR count). The minimum atomic E-state index is -0.873. The average Bonchev–Trinajstić information content (AvgIpc) is 2.40. The van der Waals surface area contributed by atoms with E-state index >= 15 is 0 Å². The van der Waals surface area contributed by atoms with Crippen molar-refractivity contribution in [3.8, 4) is 0 Å². The number of benzene rings is 2. The highest BCUT2D eigenvalue weighted by molar-refractivity contribution is 6.31. The Labute approximate surface area is 125 Å². The summed E-state index contributed by atoms with van der Waals surface area (Å²) in [5.74, 6) is -1.08. The van der Waals surface area contributed by atoms with Crippen molar-refractivity contribution in [1.29, 1.82) is 0 Å². The largest absolute Gasteiger partial charge is 0.392 e. The molecule has 0 heterocycles. The normalized spacial score (nSPS) is 12.4. The third-order valence-electron chi connectivity index (χ3n) is 2.97. The maximum atomic E-state index is 13.7. The zero-order valence-electron chi connectivity index (χ0n) is 10.4. The molecule has 0 saturated heterocycles. The van der Waals surface area contributed by atoms with Crippen molar-refractivity contribution in [2.45, 2.75) is 18.9 Å². The molecule has 0 aromatic heterocycles. The summed E-state index contributed by atoms with van der Waals surface area (Å²) in [6, 6.07) is 9.00. The monoisotopic (exact) mass is 316 g/mol. The minimum Gasteiger partial charge on any atom is -0.392 e. The molecule has 1 nitrogen and oxygen atoms in total. The fourth-order valence-corrected chi connectivity index (χ4v) is 2.39. The van der Waals surface area contributed by atoms with Gasteiger partial charge in [0.25, 0.3) is 0 Å². The lowest BCUT2D eigenvalue weighted by Crippen LogP contribution is -2.15.